The highest BCUT2D eigenvalue weighted by molar-refractivity contribution is 6.38. The molecule has 61 heavy (non-hydrogen) atoms. The molecule has 0 radical (unpaired) electrons. The number of methoxy groups -OCH3 is 2. The molecule has 1 saturated heterocycles. The number of nitrogens with one attached hydrogen (secondary N) is 6. The summed E-state index contributed by atoms with van der Waals surface area (Å²) < 4.78 is 9.30. The summed E-state index contributed by atoms with van der Waals surface area (Å²) in [6, 6.07) is 2.85. The second kappa shape index (κ2) is 22.6. The zero-order valence-electron chi connectivity index (χ0n) is 36.8. The Morgan fingerprint density at radius 3 is 2.02 bits per heavy atom. The number of nitrogens with zero attached hydrogens (tertiary/aromatic N) is 1. The number of carbonyl (C=O) groups excluding carboxylic acids is 8. The number of hydrogen-bond acceptors (Lipinski definition) is 10. The van der Waals surface area contributed by atoms with Crippen LogP contribution in [-0.4, -0.2) is 109 Å². The van der Waals surface area contributed by atoms with Crippen molar-refractivity contribution in [3.05, 3.63) is 35.9 Å². The van der Waals surface area contributed by atoms with Gasteiger partial charge in [0.2, 0.25) is 29.4 Å². The fraction of sp³-hybridized carbons (Fsp3) is 0.682. The Bertz CT molecular complexity index is 1710. The summed E-state index contributed by atoms with van der Waals surface area (Å²) in [7, 11) is 2.28. The van der Waals surface area contributed by atoms with Crippen LogP contribution in [0.25, 0.3) is 0 Å². The van der Waals surface area contributed by atoms with Gasteiger partial charge in [-0.1, -0.05) is 96.6 Å². The minimum absolute atomic E-state index is 0.0206. The molecule has 6 N–H and O–H groups in total. The van der Waals surface area contributed by atoms with Crippen LogP contribution in [0.15, 0.2) is 30.3 Å². The molecular formula is C44H67N7O10. The van der Waals surface area contributed by atoms with Crippen LogP contribution in [0.1, 0.15) is 123 Å². The zero-order valence-corrected chi connectivity index (χ0v) is 36.8. The second-order valence-electron chi connectivity index (χ2n) is 17.7. The van der Waals surface area contributed by atoms with Gasteiger partial charge in [0.15, 0.2) is 0 Å². The molecule has 1 aromatic rings. The van der Waals surface area contributed by atoms with E-state index >= 15 is 4.79 Å². The van der Waals surface area contributed by atoms with Gasteiger partial charge >= 0.3 is 12.2 Å². The predicted octanol–water partition coefficient (Wildman–Crippen LogP) is 3.55. The fourth-order valence-corrected chi connectivity index (χ4v) is 8.90. The summed E-state index contributed by atoms with van der Waals surface area (Å²) in [6.07, 6.45) is 6.45. The van der Waals surface area contributed by atoms with Gasteiger partial charge in [0.1, 0.15) is 24.2 Å². The zero-order chi connectivity index (χ0) is 44.9. The minimum Gasteiger partial charge on any atom is -0.453 e. The van der Waals surface area contributed by atoms with Crippen molar-refractivity contribution in [1.82, 2.24) is 36.8 Å². The molecule has 1 aliphatic heterocycles. The third kappa shape index (κ3) is 13.1. The normalized spacial score (nSPS) is 21.5. The Hall–Kier alpha value is -5.22. The summed E-state index contributed by atoms with van der Waals surface area (Å²) in [4.78, 5) is 110. The maximum Gasteiger partial charge on any atom is 0.407 e. The van der Waals surface area contributed by atoms with Gasteiger partial charge < -0.3 is 46.3 Å². The Morgan fingerprint density at radius 1 is 0.754 bits per heavy atom. The van der Waals surface area contributed by atoms with Crippen molar-refractivity contribution in [2.75, 3.05) is 20.8 Å². The highest BCUT2D eigenvalue weighted by Crippen LogP contribution is 2.41. The molecule has 0 bridgehead atoms. The van der Waals surface area contributed by atoms with Gasteiger partial charge in [0.05, 0.1) is 32.8 Å². The van der Waals surface area contributed by atoms with E-state index in [1.165, 1.54) is 0 Å². The maximum atomic E-state index is 15.1. The quantitative estimate of drug-likeness (QED) is 0.125. The number of Topliss-reactive ketones (excluding diaryl/α,β-unsaturated/α-hetero) is 1. The second-order valence-corrected chi connectivity index (χ2v) is 17.7. The van der Waals surface area contributed by atoms with Crippen LogP contribution in [-0.2, 0) is 38.2 Å². The van der Waals surface area contributed by atoms with E-state index < -0.39 is 89.2 Å². The van der Waals surface area contributed by atoms with Crippen molar-refractivity contribution in [2.24, 2.45) is 17.3 Å². The lowest BCUT2D eigenvalue weighted by molar-refractivity contribution is -0.147. The molecule has 0 aromatic heterocycles. The standard InChI is InChI=1S/C44H67N7O10/c1-8-17-30(35(52)40(56)46-26(2)27-18-11-9-12-19-27)47-38(54)33-24-29-22-15-16-23-32(29)51(33)41(57)36(44(3,4)5)50-39(55)34(28-20-13-10-14-21-28)49-37(53)31(48-43(59)61-7)25-45-42(58)60-6/h9,11-12,18-19,26,28-34,36H,8,10,13-17,20-25H2,1-7H3,(H,45,58)(H,46,56)(H,47,54)(H,48,59)(H,49,53)(H,50,55)/t26-,29?,30?,31?,32?,33+,34+,36-/m1/s1. The van der Waals surface area contributed by atoms with Crippen molar-refractivity contribution < 1.29 is 47.8 Å². The molecule has 17 heteroatoms. The highest BCUT2D eigenvalue weighted by Gasteiger charge is 2.51. The average molecular weight is 854 g/mol. The number of likely N-dealkylation sites (tertiary alicyclic amines) is 1. The van der Waals surface area contributed by atoms with Gasteiger partial charge in [-0.3, -0.25) is 28.8 Å². The van der Waals surface area contributed by atoms with Crippen molar-refractivity contribution in [2.45, 2.75) is 154 Å². The van der Waals surface area contributed by atoms with Crippen LogP contribution in [0.4, 0.5) is 9.59 Å². The van der Waals surface area contributed by atoms with Gasteiger partial charge in [-0.25, -0.2) is 9.59 Å². The van der Waals surface area contributed by atoms with Gasteiger partial charge in [0, 0.05) is 6.04 Å². The van der Waals surface area contributed by atoms with Crippen LogP contribution in [0.5, 0.6) is 0 Å². The van der Waals surface area contributed by atoms with E-state index in [1.54, 1.807) is 11.8 Å². The average Bonchev–Trinajstić information content (AvgIpc) is 3.65. The first kappa shape index (κ1) is 48.4. The first-order chi connectivity index (χ1) is 29.0. The van der Waals surface area contributed by atoms with Gasteiger partial charge in [-0.2, -0.15) is 0 Å². The number of carbonyl (C=O) groups is 8. The molecule has 2 aliphatic carbocycles. The van der Waals surface area contributed by atoms with E-state index in [0.29, 0.717) is 32.1 Å². The lowest BCUT2D eigenvalue weighted by atomic mass is 9.81. The smallest absolute Gasteiger partial charge is 0.407 e. The molecule has 4 rings (SSSR count). The molecule has 4 unspecified atom stereocenters. The molecule has 3 fully saturated rings. The van der Waals surface area contributed by atoms with Gasteiger partial charge in [0.25, 0.3) is 5.91 Å². The summed E-state index contributed by atoms with van der Waals surface area (Å²) >= 11 is 0. The van der Waals surface area contributed by atoms with Gasteiger partial charge in [-0.05, 0) is 68.3 Å². The molecule has 7 amide bonds. The first-order valence-corrected chi connectivity index (χ1v) is 21.8. The third-order valence-electron chi connectivity index (χ3n) is 12.3. The minimum atomic E-state index is -1.33. The van der Waals surface area contributed by atoms with Crippen LogP contribution < -0.4 is 31.9 Å². The number of alkyl carbamates (subject to hydrolysis) is 2. The van der Waals surface area contributed by atoms with Crippen molar-refractivity contribution >= 4 is 47.5 Å². The lowest BCUT2D eigenvalue weighted by Gasteiger charge is -2.40. The number of ether oxygens (including phenoxy) is 2. The largest absolute Gasteiger partial charge is 0.453 e. The number of fused-ring (bicyclic) bond motifs is 1. The lowest BCUT2D eigenvalue weighted by Crippen LogP contribution is -2.64. The molecule has 1 heterocycles. The van der Waals surface area contributed by atoms with E-state index in [2.05, 4.69) is 41.4 Å². The number of ketones is 1. The number of hydrogen-bond donors (Lipinski definition) is 6. The van der Waals surface area contributed by atoms with Crippen LogP contribution in [0.3, 0.4) is 0 Å². The summed E-state index contributed by atoms with van der Waals surface area (Å²) in [5.74, 6) is -4.21. The third-order valence-corrected chi connectivity index (χ3v) is 12.3. The summed E-state index contributed by atoms with van der Waals surface area (Å²) in [5.41, 5.74) is -0.0435. The molecule has 338 valence electrons. The molecule has 8 atom stereocenters. The molecule has 0 spiro atoms. The Morgan fingerprint density at radius 2 is 1.39 bits per heavy atom. The summed E-state index contributed by atoms with van der Waals surface area (Å²) in [5, 5.41) is 16.2. The number of benzene rings is 1. The summed E-state index contributed by atoms with van der Waals surface area (Å²) in [6.45, 7) is 8.70. The van der Waals surface area contributed by atoms with E-state index in [0.717, 1.165) is 58.3 Å². The van der Waals surface area contributed by atoms with Crippen molar-refractivity contribution in [3.8, 4) is 0 Å². The van der Waals surface area contributed by atoms with E-state index in [4.69, 9.17) is 0 Å². The SMILES string of the molecule is CCCC(NC(=O)[C@@H]1CC2CCCCC2N1C(=O)[C@@H](NC(=O)[C@@H](NC(=O)C(CNC(=O)OC)NC(=O)OC)C1CCCCC1)C(C)(C)C)C(=O)C(=O)N[C@H](C)c1ccccc1. The fourth-order valence-electron chi connectivity index (χ4n) is 8.90. The molecule has 3 aliphatic rings. The van der Waals surface area contributed by atoms with Crippen molar-refractivity contribution in [3.63, 3.8) is 0 Å². The van der Waals surface area contributed by atoms with E-state index in [9.17, 15) is 33.6 Å². The molecule has 1 aromatic carbocycles. The molecule has 17 nitrogen and oxygen atoms in total. The maximum absolute atomic E-state index is 15.1. The number of rotatable bonds is 17. The van der Waals surface area contributed by atoms with E-state index in [1.807, 2.05) is 58.0 Å². The highest BCUT2D eigenvalue weighted by atomic mass is 16.5. The number of amides is 7. The predicted molar refractivity (Wildman–Crippen MR) is 225 cm³/mol. The van der Waals surface area contributed by atoms with Crippen LogP contribution in [0, 0.1) is 17.3 Å². The Labute approximate surface area is 359 Å². The topological polar surface area (TPSA) is 230 Å². The Balaban J connectivity index is 1.59. The first-order valence-electron chi connectivity index (χ1n) is 21.8. The van der Waals surface area contributed by atoms with Crippen LogP contribution >= 0.6 is 0 Å². The monoisotopic (exact) mass is 853 g/mol. The van der Waals surface area contributed by atoms with Gasteiger partial charge in [-0.15, -0.1) is 0 Å². The molecular weight excluding hydrogens is 787 g/mol. The van der Waals surface area contributed by atoms with E-state index in [-0.39, 0.29) is 30.8 Å². The molecule has 2 saturated carbocycles. The van der Waals surface area contributed by atoms with Crippen molar-refractivity contribution in [1.29, 1.82) is 0 Å². The Kier molecular flexibility index (Phi) is 17.9. The van der Waals surface area contributed by atoms with Crippen LogP contribution in [0.2, 0.25) is 0 Å².